The van der Waals surface area contributed by atoms with Crippen LogP contribution in [0.1, 0.15) is 5.56 Å². The van der Waals surface area contributed by atoms with Crippen molar-refractivity contribution < 1.29 is 5.21 Å². The molecule has 80 valence electrons. The summed E-state index contributed by atoms with van der Waals surface area (Å²) in [6.45, 7) is 0.513. The number of rotatable bonds is 2. The van der Waals surface area contributed by atoms with Gasteiger partial charge in [0.25, 0.3) is 0 Å². The van der Waals surface area contributed by atoms with Gasteiger partial charge in [-0.15, -0.1) is 0 Å². The van der Waals surface area contributed by atoms with Gasteiger partial charge in [0, 0.05) is 36.2 Å². The van der Waals surface area contributed by atoms with E-state index < -0.39 is 0 Å². The molecule has 0 radical (unpaired) electrons. The largest absolute Gasteiger partial charge is 0.350 e. The van der Waals surface area contributed by atoms with Crippen molar-refractivity contribution in [1.82, 2.24) is 9.63 Å². The predicted octanol–water partition coefficient (Wildman–Crippen LogP) is 2.65. The predicted molar refractivity (Wildman–Crippen MR) is 61.2 cm³/mol. The van der Waals surface area contributed by atoms with Crippen molar-refractivity contribution in [2.45, 2.75) is 6.54 Å². The molecule has 0 saturated heterocycles. The highest BCUT2D eigenvalue weighted by molar-refractivity contribution is 6.31. The van der Waals surface area contributed by atoms with E-state index in [4.69, 9.17) is 11.6 Å². The molecule has 0 aliphatic carbocycles. The molecule has 0 unspecified atom stereocenters. The van der Waals surface area contributed by atoms with Crippen molar-refractivity contribution in [2.75, 3.05) is 7.05 Å². The molecule has 4 heteroatoms. The second-order valence-corrected chi connectivity index (χ2v) is 4.18. The minimum absolute atomic E-state index is 0.513. The Bertz CT molecular complexity index is 491. The van der Waals surface area contributed by atoms with Crippen LogP contribution in [-0.4, -0.2) is 21.9 Å². The standard InChI is InChI=1S/C11H13ClN2O/c1-13-6-8(7-14(2)15)10-4-3-9(12)5-11(10)13/h3-6,15H,7H2,1-2H3. The molecule has 1 aromatic carbocycles. The Labute approximate surface area is 93.4 Å². The molecule has 0 fully saturated rings. The molecule has 0 amide bonds. The van der Waals surface area contributed by atoms with Gasteiger partial charge < -0.3 is 9.77 Å². The maximum absolute atomic E-state index is 9.23. The van der Waals surface area contributed by atoms with Gasteiger partial charge in [-0.05, 0) is 17.7 Å². The topological polar surface area (TPSA) is 28.4 Å². The van der Waals surface area contributed by atoms with Gasteiger partial charge >= 0.3 is 0 Å². The Morgan fingerprint density at radius 3 is 2.87 bits per heavy atom. The molecule has 3 nitrogen and oxygen atoms in total. The van der Waals surface area contributed by atoms with E-state index in [0.29, 0.717) is 6.54 Å². The molecule has 15 heavy (non-hydrogen) atoms. The van der Waals surface area contributed by atoms with Crippen molar-refractivity contribution in [3.05, 3.63) is 35.0 Å². The van der Waals surface area contributed by atoms with Gasteiger partial charge in [0.1, 0.15) is 0 Å². The number of fused-ring (bicyclic) bond motifs is 1. The number of hydrogen-bond donors (Lipinski definition) is 1. The number of hydroxylamine groups is 2. The fourth-order valence-corrected chi connectivity index (χ4v) is 1.98. The van der Waals surface area contributed by atoms with Gasteiger partial charge in [-0.25, -0.2) is 0 Å². The molecule has 1 heterocycles. The first-order valence-corrected chi connectivity index (χ1v) is 5.09. The smallest absolute Gasteiger partial charge is 0.0506 e. The first-order valence-electron chi connectivity index (χ1n) is 4.71. The summed E-state index contributed by atoms with van der Waals surface area (Å²) in [7, 11) is 3.61. The molecule has 0 bridgehead atoms. The highest BCUT2D eigenvalue weighted by Gasteiger charge is 2.07. The average molecular weight is 225 g/mol. The molecule has 0 atom stereocenters. The highest BCUT2D eigenvalue weighted by Crippen LogP contribution is 2.24. The van der Waals surface area contributed by atoms with E-state index in [9.17, 15) is 5.21 Å². The zero-order valence-corrected chi connectivity index (χ0v) is 9.49. The summed E-state index contributed by atoms with van der Waals surface area (Å²) in [5.74, 6) is 0. The molecule has 2 aromatic rings. The lowest BCUT2D eigenvalue weighted by atomic mass is 10.2. The van der Waals surface area contributed by atoms with E-state index in [2.05, 4.69) is 0 Å². The van der Waals surface area contributed by atoms with Crippen LogP contribution in [0.5, 0.6) is 0 Å². The van der Waals surface area contributed by atoms with Crippen LogP contribution >= 0.6 is 11.6 Å². The van der Waals surface area contributed by atoms with E-state index >= 15 is 0 Å². The molecular formula is C11H13ClN2O. The first kappa shape index (κ1) is 10.5. The summed E-state index contributed by atoms with van der Waals surface area (Å²) in [6, 6.07) is 5.78. The lowest BCUT2D eigenvalue weighted by Gasteiger charge is -2.05. The van der Waals surface area contributed by atoms with Crippen LogP contribution < -0.4 is 0 Å². The van der Waals surface area contributed by atoms with Crippen molar-refractivity contribution in [3.63, 3.8) is 0 Å². The Balaban J connectivity index is 2.57. The second-order valence-electron chi connectivity index (χ2n) is 3.74. The monoisotopic (exact) mass is 224 g/mol. The third-order valence-electron chi connectivity index (χ3n) is 2.43. The van der Waals surface area contributed by atoms with Crippen molar-refractivity contribution >= 4 is 22.5 Å². The second kappa shape index (κ2) is 3.85. The molecule has 1 aromatic heterocycles. The Morgan fingerprint density at radius 1 is 1.47 bits per heavy atom. The molecule has 0 saturated carbocycles. The summed E-state index contributed by atoms with van der Waals surface area (Å²) in [5, 5.41) is 12.3. The van der Waals surface area contributed by atoms with Crippen molar-refractivity contribution in [3.8, 4) is 0 Å². The van der Waals surface area contributed by atoms with Crippen molar-refractivity contribution in [2.24, 2.45) is 7.05 Å². The summed E-state index contributed by atoms with van der Waals surface area (Å²) >= 11 is 5.93. The van der Waals surface area contributed by atoms with Crippen LogP contribution in [0.15, 0.2) is 24.4 Å². The van der Waals surface area contributed by atoms with Gasteiger partial charge in [0.05, 0.1) is 6.54 Å². The average Bonchev–Trinajstić information content (AvgIpc) is 2.42. The summed E-state index contributed by atoms with van der Waals surface area (Å²) in [5.41, 5.74) is 2.17. The zero-order chi connectivity index (χ0) is 11.0. The van der Waals surface area contributed by atoms with Crippen LogP contribution in [0.3, 0.4) is 0 Å². The first-order chi connectivity index (χ1) is 7.08. The van der Waals surface area contributed by atoms with E-state index in [1.165, 1.54) is 5.06 Å². The number of hydrogen-bond acceptors (Lipinski definition) is 2. The number of aryl methyl sites for hydroxylation is 1. The summed E-state index contributed by atoms with van der Waals surface area (Å²) in [6.07, 6.45) is 2.01. The van der Waals surface area contributed by atoms with Crippen LogP contribution in [0.4, 0.5) is 0 Å². The van der Waals surface area contributed by atoms with Crippen molar-refractivity contribution in [1.29, 1.82) is 0 Å². The highest BCUT2D eigenvalue weighted by atomic mass is 35.5. The third kappa shape index (κ3) is 2.00. The number of nitrogens with zero attached hydrogens (tertiary/aromatic N) is 2. The molecule has 1 N–H and O–H groups in total. The fourth-order valence-electron chi connectivity index (χ4n) is 1.81. The van der Waals surface area contributed by atoms with Crippen LogP contribution in [-0.2, 0) is 13.6 Å². The summed E-state index contributed by atoms with van der Waals surface area (Å²) in [4.78, 5) is 0. The number of aromatic nitrogens is 1. The normalized spacial score (nSPS) is 11.5. The van der Waals surface area contributed by atoms with Gasteiger partial charge in [0.15, 0.2) is 0 Å². The maximum Gasteiger partial charge on any atom is 0.0506 e. The molecule has 0 aliphatic heterocycles. The van der Waals surface area contributed by atoms with Gasteiger partial charge in [-0.1, -0.05) is 17.7 Å². The molecule has 0 spiro atoms. The van der Waals surface area contributed by atoms with Gasteiger partial charge in [-0.3, -0.25) is 0 Å². The lowest BCUT2D eigenvalue weighted by Crippen LogP contribution is -2.11. The quantitative estimate of drug-likeness (QED) is 0.795. The molecular weight excluding hydrogens is 212 g/mol. The minimum Gasteiger partial charge on any atom is -0.350 e. The third-order valence-corrected chi connectivity index (χ3v) is 2.67. The van der Waals surface area contributed by atoms with E-state index in [1.807, 2.05) is 36.0 Å². The van der Waals surface area contributed by atoms with Crippen LogP contribution in [0.25, 0.3) is 10.9 Å². The number of benzene rings is 1. The number of halogens is 1. The Morgan fingerprint density at radius 2 is 2.20 bits per heavy atom. The van der Waals surface area contributed by atoms with Gasteiger partial charge in [-0.2, -0.15) is 5.06 Å². The minimum atomic E-state index is 0.513. The summed E-state index contributed by atoms with van der Waals surface area (Å²) < 4.78 is 2.01. The fraction of sp³-hybridized carbons (Fsp3) is 0.273. The van der Waals surface area contributed by atoms with Crippen LogP contribution in [0.2, 0.25) is 5.02 Å². The maximum atomic E-state index is 9.23. The van der Waals surface area contributed by atoms with E-state index in [-0.39, 0.29) is 0 Å². The van der Waals surface area contributed by atoms with E-state index in [1.54, 1.807) is 7.05 Å². The van der Waals surface area contributed by atoms with Crippen LogP contribution in [0, 0.1) is 0 Å². The Kier molecular flexibility index (Phi) is 2.69. The molecule has 0 aliphatic rings. The van der Waals surface area contributed by atoms with Gasteiger partial charge in [0.2, 0.25) is 0 Å². The zero-order valence-electron chi connectivity index (χ0n) is 8.74. The SMILES string of the molecule is CN(O)Cc1cn(C)c2cc(Cl)ccc12. The van der Waals surface area contributed by atoms with E-state index in [0.717, 1.165) is 21.5 Å². The molecule has 2 rings (SSSR count). The lowest BCUT2D eigenvalue weighted by molar-refractivity contribution is -0.0728. The Hall–Kier alpha value is -1.03.